The van der Waals surface area contributed by atoms with Crippen molar-refractivity contribution in [3.8, 4) is 0 Å². The van der Waals surface area contributed by atoms with Gasteiger partial charge in [0.15, 0.2) is 5.28 Å². The van der Waals surface area contributed by atoms with Crippen LogP contribution in [0, 0.1) is 0 Å². The maximum absolute atomic E-state index is 5.87. The van der Waals surface area contributed by atoms with Crippen molar-refractivity contribution >= 4 is 13.8 Å². The second-order valence-corrected chi connectivity index (χ2v) is 4.97. The summed E-state index contributed by atoms with van der Waals surface area (Å²) in [6, 6.07) is 0. The highest BCUT2D eigenvalue weighted by atomic mass is 31.1. The van der Waals surface area contributed by atoms with Crippen molar-refractivity contribution in [2.24, 2.45) is 5.73 Å². The molecule has 0 amide bonds. The maximum Gasteiger partial charge on any atom is 0.174 e. The average molecular weight is 144 g/mol. The Balaban J connectivity index is 4.00. The topological polar surface area (TPSA) is 26.0 Å². The van der Waals surface area contributed by atoms with Crippen molar-refractivity contribution in [2.45, 2.75) is 18.6 Å². The molecule has 0 saturated heterocycles. The second kappa shape index (κ2) is 3.14. The first kappa shape index (κ1) is 8.87. The first-order chi connectivity index (χ1) is 4.00. The summed E-state index contributed by atoms with van der Waals surface area (Å²) in [5.41, 5.74) is 5.87. The molecule has 0 aliphatic heterocycles. The van der Waals surface area contributed by atoms with Gasteiger partial charge in [-0.25, -0.2) is 0 Å². The van der Waals surface area contributed by atoms with Gasteiger partial charge in [0, 0.05) is 6.42 Å². The van der Waals surface area contributed by atoms with Crippen LogP contribution in [0.5, 0.6) is 0 Å². The molecule has 0 fully saturated rings. The number of hydrogen-bond donors (Lipinski definition) is 1. The van der Waals surface area contributed by atoms with Crippen LogP contribution < -0.4 is 5.73 Å². The molecule has 52 valence electrons. The van der Waals surface area contributed by atoms with Crippen molar-refractivity contribution < 1.29 is 0 Å². The summed E-state index contributed by atoms with van der Waals surface area (Å²) < 4.78 is 0. The van der Waals surface area contributed by atoms with E-state index in [1.165, 1.54) is 0 Å². The van der Waals surface area contributed by atoms with Crippen molar-refractivity contribution in [3.05, 3.63) is 12.7 Å². The van der Waals surface area contributed by atoms with Gasteiger partial charge < -0.3 is 0 Å². The minimum absolute atomic E-state index is 0.114. The second-order valence-electron chi connectivity index (χ2n) is 2.55. The molecule has 0 rings (SSSR count). The standard InChI is InChI=1S/C7H15NP/c1-5-6-7(2,8)9(3)4/h5H,1,3,6,8H2,2,4H3/q+1. The third kappa shape index (κ3) is 2.78. The van der Waals surface area contributed by atoms with Crippen LogP contribution in [0.25, 0.3) is 0 Å². The Morgan fingerprint density at radius 1 is 1.78 bits per heavy atom. The predicted molar refractivity (Wildman–Crippen MR) is 47.4 cm³/mol. The molecule has 2 atom stereocenters. The van der Waals surface area contributed by atoms with E-state index in [0.29, 0.717) is 0 Å². The van der Waals surface area contributed by atoms with Gasteiger partial charge in [-0.05, 0) is 6.92 Å². The molecule has 0 heterocycles. The lowest BCUT2D eigenvalue weighted by Gasteiger charge is -2.12. The molecule has 0 aromatic carbocycles. The van der Waals surface area contributed by atoms with Crippen LogP contribution in [-0.4, -0.2) is 18.2 Å². The van der Waals surface area contributed by atoms with E-state index in [0.717, 1.165) is 6.42 Å². The minimum atomic E-state index is -0.293. The summed E-state index contributed by atoms with van der Waals surface area (Å²) in [4.78, 5) is 0. The SMILES string of the molecule is C=CCC(C)(N)[P+](=C)C. The molecule has 9 heavy (non-hydrogen) atoms. The summed E-state index contributed by atoms with van der Waals surface area (Å²) >= 11 is 0. The molecule has 1 nitrogen and oxygen atoms in total. The normalized spacial score (nSPS) is 18.3. The molecule has 0 aliphatic carbocycles. The average Bonchev–Trinajstić information content (AvgIpc) is 1.65. The summed E-state index contributed by atoms with van der Waals surface area (Å²) in [6.45, 7) is 7.73. The van der Waals surface area contributed by atoms with Gasteiger partial charge in [0.05, 0.1) is 13.0 Å². The number of hydrogen-bond acceptors (Lipinski definition) is 1. The van der Waals surface area contributed by atoms with Crippen LogP contribution in [0.3, 0.4) is 0 Å². The first-order valence-corrected chi connectivity index (χ1v) is 4.92. The van der Waals surface area contributed by atoms with Crippen molar-refractivity contribution in [2.75, 3.05) is 6.66 Å². The molecule has 0 spiro atoms. The zero-order chi connectivity index (χ0) is 7.49. The van der Waals surface area contributed by atoms with E-state index in [9.17, 15) is 0 Å². The van der Waals surface area contributed by atoms with Gasteiger partial charge in [-0.3, -0.25) is 5.73 Å². The third-order valence-corrected chi connectivity index (χ3v) is 3.36. The smallest absolute Gasteiger partial charge is 0.174 e. The molecule has 0 aliphatic rings. The molecule has 0 saturated carbocycles. The molecule has 0 aromatic heterocycles. The predicted octanol–water partition coefficient (Wildman–Crippen LogP) is 1.78. The van der Waals surface area contributed by atoms with E-state index >= 15 is 0 Å². The Bertz CT molecular complexity index is 127. The Hall–Kier alpha value is -0.130. The fourth-order valence-corrected chi connectivity index (χ4v) is 0.889. The fraction of sp³-hybridized carbons (Fsp3) is 0.571. The maximum atomic E-state index is 5.87. The van der Waals surface area contributed by atoms with Crippen LogP contribution in [0.1, 0.15) is 13.3 Å². The summed E-state index contributed by atoms with van der Waals surface area (Å²) in [7, 11) is -0.293. The zero-order valence-corrected chi connectivity index (χ0v) is 7.12. The Labute approximate surface area is 58.3 Å². The molecular formula is C7H15NP+. The molecule has 0 bridgehead atoms. The van der Waals surface area contributed by atoms with Gasteiger partial charge in [-0.2, -0.15) is 0 Å². The third-order valence-electron chi connectivity index (χ3n) is 1.43. The van der Waals surface area contributed by atoms with Crippen LogP contribution in [0.15, 0.2) is 12.7 Å². The van der Waals surface area contributed by atoms with Crippen molar-refractivity contribution in [3.63, 3.8) is 0 Å². The first-order valence-electron chi connectivity index (χ1n) is 2.95. The van der Waals surface area contributed by atoms with Gasteiger partial charge in [0.1, 0.15) is 7.55 Å². The molecule has 0 aromatic rings. The van der Waals surface area contributed by atoms with Crippen LogP contribution in [-0.2, 0) is 0 Å². The van der Waals surface area contributed by atoms with E-state index < -0.39 is 0 Å². The molecule has 0 radical (unpaired) electrons. The molecular weight excluding hydrogens is 129 g/mol. The van der Waals surface area contributed by atoms with Gasteiger partial charge in [0.2, 0.25) is 0 Å². The highest BCUT2D eigenvalue weighted by molar-refractivity contribution is 7.56. The lowest BCUT2D eigenvalue weighted by atomic mass is 10.2. The Morgan fingerprint density at radius 2 is 2.22 bits per heavy atom. The Kier molecular flexibility index (Phi) is 3.10. The van der Waals surface area contributed by atoms with Crippen LogP contribution in [0.4, 0.5) is 0 Å². The van der Waals surface area contributed by atoms with E-state index in [-0.39, 0.29) is 12.8 Å². The lowest BCUT2D eigenvalue weighted by molar-refractivity contribution is 0.682. The van der Waals surface area contributed by atoms with Gasteiger partial charge in [-0.15, -0.1) is 6.58 Å². The van der Waals surface area contributed by atoms with E-state index in [2.05, 4.69) is 19.5 Å². The largest absolute Gasteiger partial charge is 0.288 e. The molecule has 2 heteroatoms. The van der Waals surface area contributed by atoms with Gasteiger partial charge in [-0.1, -0.05) is 6.08 Å². The van der Waals surface area contributed by atoms with Crippen molar-refractivity contribution in [1.29, 1.82) is 0 Å². The Morgan fingerprint density at radius 3 is 2.33 bits per heavy atom. The number of nitrogens with two attached hydrogens (primary N) is 1. The van der Waals surface area contributed by atoms with E-state index in [1.807, 2.05) is 13.0 Å². The highest BCUT2D eigenvalue weighted by Gasteiger charge is 2.26. The zero-order valence-electron chi connectivity index (χ0n) is 6.22. The van der Waals surface area contributed by atoms with Crippen molar-refractivity contribution in [1.82, 2.24) is 0 Å². The van der Waals surface area contributed by atoms with E-state index in [1.54, 1.807) is 0 Å². The van der Waals surface area contributed by atoms with Gasteiger partial charge >= 0.3 is 0 Å². The molecule has 2 unspecified atom stereocenters. The van der Waals surface area contributed by atoms with Gasteiger partial charge in [0.25, 0.3) is 0 Å². The summed E-state index contributed by atoms with van der Waals surface area (Å²) in [5, 5.41) is -0.114. The quantitative estimate of drug-likeness (QED) is 0.474. The van der Waals surface area contributed by atoms with Crippen LogP contribution in [0.2, 0.25) is 0 Å². The fourth-order valence-electron chi connectivity index (χ4n) is 0.448. The van der Waals surface area contributed by atoms with Crippen LogP contribution >= 0.6 is 7.55 Å². The lowest BCUT2D eigenvalue weighted by Crippen LogP contribution is -2.30. The molecule has 2 N–H and O–H groups in total. The number of rotatable bonds is 3. The summed E-state index contributed by atoms with van der Waals surface area (Å²) in [5.74, 6) is 0. The minimum Gasteiger partial charge on any atom is -0.288 e. The monoisotopic (exact) mass is 144 g/mol. The van der Waals surface area contributed by atoms with E-state index in [4.69, 9.17) is 5.73 Å². The summed E-state index contributed by atoms with van der Waals surface area (Å²) in [6.07, 6.45) is 6.63. The highest BCUT2D eigenvalue weighted by Crippen LogP contribution is 2.32.